The summed E-state index contributed by atoms with van der Waals surface area (Å²) in [6.45, 7) is 0.742. The molecule has 130 valence electrons. The molecule has 0 aliphatic heterocycles. The van der Waals surface area contributed by atoms with Crippen LogP contribution in [0.1, 0.15) is 42.5 Å². The quantitative estimate of drug-likeness (QED) is 0.583. The Kier molecular flexibility index (Phi) is 7.12. The van der Waals surface area contributed by atoms with Gasteiger partial charge in [-0.05, 0) is 50.3 Å². The number of rotatable bonds is 7. The van der Waals surface area contributed by atoms with Gasteiger partial charge in [0.2, 0.25) is 5.91 Å². The first-order valence-corrected chi connectivity index (χ1v) is 8.54. The molecule has 0 heterocycles. The van der Waals surface area contributed by atoms with Crippen LogP contribution in [0.5, 0.6) is 0 Å². The van der Waals surface area contributed by atoms with Gasteiger partial charge in [-0.25, -0.2) is 4.79 Å². The molecule has 0 saturated heterocycles. The Morgan fingerprint density at radius 3 is 2.83 bits per heavy atom. The van der Waals surface area contributed by atoms with E-state index in [0.29, 0.717) is 22.8 Å². The molecule has 6 heteroatoms. The lowest BCUT2D eigenvalue weighted by molar-refractivity contribution is -0.119. The van der Waals surface area contributed by atoms with E-state index in [9.17, 15) is 9.59 Å². The van der Waals surface area contributed by atoms with E-state index in [2.05, 4.69) is 21.4 Å². The van der Waals surface area contributed by atoms with Gasteiger partial charge in [0.05, 0.1) is 29.9 Å². The van der Waals surface area contributed by atoms with Gasteiger partial charge in [0, 0.05) is 6.54 Å². The number of carbonyl (C=O) groups is 2. The van der Waals surface area contributed by atoms with Crippen LogP contribution in [0.3, 0.4) is 0 Å². The van der Waals surface area contributed by atoms with Crippen LogP contribution < -0.4 is 10.6 Å². The average Bonchev–Trinajstić information content (AvgIpc) is 2.61. The number of allylic oxidation sites excluding steroid dienone is 1. The number of hydrogen-bond acceptors (Lipinski definition) is 4. The number of esters is 1. The van der Waals surface area contributed by atoms with E-state index >= 15 is 0 Å². The largest absolute Gasteiger partial charge is 0.465 e. The minimum atomic E-state index is -0.445. The SMILES string of the molecule is COC(=O)c1ccc(Cl)c(NCC(=O)NCCC2=CCCCC2)c1. The number of carbonyl (C=O) groups excluding carboxylic acids is 2. The van der Waals surface area contributed by atoms with Gasteiger partial charge in [-0.1, -0.05) is 23.3 Å². The molecule has 0 atom stereocenters. The van der Waals surface area contributed by atoms with Crippen molar-refractivity contribution in [1.82, 2.24) is 5.32 Å². The zero-order chi connectivity index (χ0) is 17.4. The molecular formula is C18H23ClN2O3. The van der Waals surface area contributed by atoms with E-state index in [-0.39, 0.29) is 12.5 Å². The van der Waals surface area contributed by atoms with Crippen molar-refractivity contribution in [2.45, 2.75) is 32.1 Å². The number of ether oxygens (including phenoxy) is 1. The number of nitrogens with one attached hydrogen (secondary N) is 2. The predicted molar refractivity (Wildman–Crippen MR) is 95.5 cm³/mol. The van der Waals surface area contributed by atoms with Crippen molar-refractivity contribution in [3.05, 3.63) is 40.4 Å². The average molecular weight is 351 g/mol. The molecule has 5 nitrogen and oxygen atoms in total. The van der Waals surface area contributed by atoms with Gasteiger partial charge in [0.25, 0.3) is 0 Å². The summed E-state index contributed by atoms with van der Waals surface area (Å²) in [4.78, 5) is 23.4. The van der Waals surface area contributed by atoms with E-state index in [0.717, 1.165) is 19.3 Å². The molecule has 1 aromatic rings. The van der Waals surface area contributed by atoms with Crippen LogP contribution in [0.4, 0.5) is 5.69 Å². The Bertz CT molecular complexity index is 629. The normalized spacial score (nSPS) is 13.8. The van der Waals surface area contributed by atoms with Gasteiger partial charge in [-0.3, -0.25) is 4.79 Å². The second-order valence-electron chi connectivity index (χ2n) is 5.75. The highest BCUT2D eigenvalue weighted by Gasteiger charge is 2.10. The van der Waals surface area contributed by atoms with Crippen molar-refractivity contribution in [3.8, 4) is 0 Å². The molecule has 0 spiro atoms. The molecule has 2 N–H and O–H groups in total. The molecule has 0 fully saturated rings. The number of anilines is 1. The second kappa shape index (κ2) is 9.33. The maximum Gasteiger partial charge on any atom is 0.337 e. The molecule has 0 radical (unpaired) electrons. The van der Waals surface area contributed by atoms with Crippen molar-refractivity contribution in [1.29, 1.82) is 0 Å². The zero-order valence-electron chi connectivity index (χ0n) is 13.9. The number of benzene rings is 1. The molecular weight excluding hydrogens is 328 g/mol. The van der Waals surface area contributed by atoms with Gasteiger partial charge in [-0.2, -0.15) is 0 Å². The molecule has 1 aromatic carbocycles. The van der Waals surface area contributed by atoms with Gasteiger partial charge >= 0.3 is 5.97 Å². The van der Waals surface area contributed by atoms with Crippen molar-refractivity contribution in [3.63, 3.8) is 0 Å². The summed E-state index contributed by atoms with van der Waals surface area (Å²) in [5, 5.41) is 6.29. The highest BCUT2D eigenvalue weighted by atomic mass is 35.5. The van der Waals surface area contributed by atoms with E-state index in [1.165, 1.54) is 25.5 Å². The van der Waals surface area contributed by atoms with Gasteiger partial charge < -0.3 is 15.4 Å². The third-order valence-electron chi connectivity index (χ3n) is 3.98. The zero-order valence-corrected chi connectivity index (χ0v) is 14.6. The fourth-order valence-corrected chi connectivity index (χ4v) is 2.82. The highest BCUT2D eigenvalue weighted by Crippen LogP contribution is 2.23. The van der Waals surface area contributed by atoms with Crippen molar-refractivity contribution in [2.24, 2.45) is 0 Å². The maximum atomic E-state index is 11.9. The fraction of sp³-hybridized carbons (Fsp3) is 0.444. The summed E-state index contributed by atoms with van der Waals surface area (Å²) >= 11 is 6.08. The molecule has 0 unspecified atom stereocenters. The summed E-state index contributed by atoms with van der Waals surface area (Å²) in [6.07, 6.45) is 8.00. The first-order chi connectivity index (χ1) is 11.6. The van der Waals surface area contributed by atoms with Crippen LogP contribution in [0, 0.1) is 0 Å². The minimum absolute atomic E-state index is 0.101. The Morgan fingerprint density at radius 1 is 1.29 bits per heavy atom. The molecule has 0 saturated carbocycles. The summed E-state index contributed by atoms with van der Waals surface area (Å²) in [5.74, 6) is -0.550. The van der Waals surface area contributed by atoms with Gasteiger partial charge in [0.15, 0.2) is 0 Å². The lowest BCUT2D eigenvalue weighted by Gasteiger charge is -2.13. The topological polar surface area (TPSA) is 67.4 Å². The standard InChI is InChI=1S/C18H23ClN2O3/c1-24-18(23)14-7-8-15(19)16(11-14)21-12-17(22)20-10-9-13-5-3-2-4-6-13/h5,7-8,11,21H,2-4,6,9-10,12H2,1H3,(H,20,22). The summed E-state index contributed by atoms with van der Waals surface area (Å²) in [6, 6.07) is 4.76. The third kappa shape index (κ3) is 5.57. The molecule has 24 heavy (non-hydrogen) atoms. The van der Waals surface area contributed by atoms with Crippen LogP contribution in [0.15, 0.2) is 29.8 Å². The van der Waals surface area contributed by atoms with Crippen LogP contribution in [-0.4, -0.2) is 32.1 Å². The van der Waals surface area contributed by atoms with Gasteiger partial charge in [0.1, 0.15) is 0 Å². The summed E-state index contributed by atoms with van der Waals surface area (Å²) in [7, 11) is 1.32. The lowest BCUT2D eigenvalue weighted by Crippen LogP contribution is -2.31. The summed E-state index contributed by atoms with van der Waals surface area (Å²) in [5.41, 5.74) is 2.35. The monoisotopic (exact) mass is 350 g/mol. The number of halogens is 1. The van der Waals surface area contributed by atoms with E-state index < -0.39 is 5.97 Å². The fourth-order valence-electron chi connectivity index (χ4n) is 2.64. The molecule has 1 aliphatic carbocycles. The smallest absolute Gasteiger partial charge is 0.337 e. The second-order valence-corrected chi connectivity index (χ2v) is 6.16. The molecule has 2 rings (SSSR count). The Hall–Kier alpha value is -2.01. The van der Waals surface area contributed by atoms with Crippen molar-refractivity contribution in [2.75, 3.05) is 25.5 Å². The van der Waals surface area contributed by atoms with Crippen LogP contribution in [0.2, 0.25) is 5.02 Å². The van der Waals surface area contributed by atoms with Crippen molar-refractivity contribution < 1.29 is 14.3 Å². The summed E-state index contributed by atoms with van der Waals surface area (Å²) < 4.78 is 4.67. The predicted octanol–water partition coefficient (Wildman–Crippen LogP) is 3.55. The minimum Gasteiger partial charge on any atom is -0.465 e. The maximum absolute atomic E-state index is 11.9. The number of methoxy groups -OCH3 is 1. The van der Waals surface area contributed by atoms with Gasteiger partial charge in [-0.15, -0.1) is 0 Å². The Morgan fingerprint density at radius 2 is 2.12 bits per heavy atom. The Labute approximate surface area is 147 Å². The number of amides is 1. The Balaban J connectivity index is 1.78. The van der Waals surface area contributed by atoms with E-state index in [4.69, 9.17) is 11.6 Å². The van der Waals surface area contributed by atoms with Crippen LogP contribution >= 0.6 is 11.6 Å². The first kappa shape index (κ1) is 18.3. The first-order valence-electron chi connectivity index (χ1n) is 8.16. The molecule has 1 amide bonds. The lowest BCUT2D eigenvalue weighted by atomic mass is 9.97. The van der Waals surface area contributed by atoms with Crippen LogP contribution in [0.25, 0.3) is 0 Å². The molecule has 0 bridgehead atoms. The highest BCUT2D eigenvalue weighted by molar-refractivity contribution is 6.33. The third-order valence-corrected chi connectivity index (χ3v) is 4.31. The van der Waals surface area contributed by atoms with E-state index in [1.807, 2.05) is 0 Å². The van der Waals surface area contributed by atoms with Crippen molar-refractivity contribution >= 4 is 29.2 Å². The molecule has 1 aliphatic rings. The van der Waals surface area contributed by atoms with Crippen LogP contribution in [-0.2, 0) is 9.53 Å². The van der Waals surface area contributed by atoms with E-state index in [1.54, 1.807) is 18.2 Å². The number of hydrogen-bond donors (Lipinski definition) is 2. The molecule has 0 aromatic heterocycles.